The number of aromatic amines is 1. The van der Waals surface area contributed by atoms with Gasteiger partial charge in [0.2, 0.25) is 0 Å². The second-order valence-electron chi connectivity index (χ2n) is 8.15. The molecule has 0 aliphatic heterocycles. The minimum atomic E-state index is -0.181. The topological polar surface area (TPSA) is 85.7 Å². The minimum Gasteiger partial charge on any atom is -0.486 e. The van der Waals surface area contributed by atoms with Crippen LogP contribution in [0.25, 0.3) is 10.9 Å². The third-order valence-corrected chi connectivity index (χ3v) is 6.31. The number of aryl methyl sites for hydroxylation is 1. The summed E-state index contributed by atoms with van der Waals surface area (Å²) in [6, 6.07) is 13.2. The van der Waals surface area contributed by atoms with E-state index in [9.17, 15) is 4.79 Å². The second kappa shape index (κ2) is 10.4. The average Bonchev–Trinajstić information content (AvgIpc) is 3.17. The van der Waals surface area contributed by atoms with Crippen LogP contribution in [-0.4, -0.2) is 24.7 Å². The predicted octanol–water partition coefficient (Wildman–Crippen LogP) is 5.26. The van der Waals surface area contributed by atoms with E-state index in [2.05, 4.69) is 57.6 Å². The van der Waals surface area contributed by atoms with Gasteiger partial charge in [-0.2, -0.15) is 0 Å². The van der Waals surface area contributed by atoms with Gasteiger partial charge in [0.25, 0.3) is 5.56 Å². The summed E-state index contributed by atoms with van der Waals surface area (Å²) in [7, 11) is 0. The van der Waals surface area contributed by atoms with Gasteiger partial charge in [0.05, 0.1) is 16.7 Å². The Morgan fingerprint density at radius 1 is 1.15 bits per heavy atom. The molecule has 0 aliphatic carbocycles. The van der Waals surface area contributed by atoms with E-state index in [1.54, 1.807) is 18.2 Å². The monoisotopic (exact) mass is 483 g/mol. The highest BCUT2D eigenvalue weighted by molar-refractivity contribution is 7.98. The van der Waals surface area contributed by atoms with Crippen LogP contribution in [-0.2, 0) is 25.3 Å². The fraction of sp³-hybridized carbons (Fsp3) is 0.333. The van der Waals surface area contributed by atoms with Crippen LogP contribution in [0, 0.1) is 5.92 Å². The molecular formula is C24H26ClN5O2S. The van der Waals surface area contributed by atoms with Gasteiger partial charge >= 0.3 is 0 Å². The number of nitrogens with zero attached hydrogens (tertiary/aromatic N) is 4. The van der Waals surface area contributed by atoms with Crippen LogP contribution in [0.1, 0.15) is 38.0 Å². The number of rotatable bonds is 9. The highest BCUT2D eigenvalue weighted by Crippen LogP contribution is 2.23. The molecule has 7 nitrogen and oxygen atoms in total. The predicted molar refractivity (Wildman–Crippen MR) is 132 cm³/mol. The molecule has 1 N–H and O–H groups in total. The number of fused-ring (bicyclic) bond motifs is 1. The number of H-pyrrole nitrogens is 1. The Balaban J connectivity index is 1.50. The SMILES string of the molecule is CCc1ccc(OCc2nnc(SCc3nc4cc(Cl)ccc4c(=O)[nH]3)n2CC(C)C)cc1. The van der Waals surface area contributed by atoms with Crippen molar-refractivity contribution in [3.05, 3.63) is 75.1 Å². The van der Waals surface area contributed by atoms with E-state index in [4.69, 9.17) is 16.3 Å². The number of thioether (sulfide) groups is 1. The lowest BCUT2D eigenvalue weighted by molar-refractivity contribution is 0.284. The molecule has 2 aromatic carbocycles. The summed E-state index contributed by atoms with van der Waals surface area (Å²) in [5.74, 6) is 2.98. The van der Waals surface area contributed by atoms with Gasteiger partial charge in [0, 0.05) is 11.6 Å². The lowest BCUT2D eigenvalue weighted by Gasteiger charge is -2.13. The molecule has 0 spiro atoms. The average molecular weight is 484 g/mol. The van der Waals surface area contributed by atoms with Crippen molar-refractivity contribution < 1.29 is 4.74 Å². The molecule has 2 heterocycles. The zero-order valence-corrected chi connectivity index (χ0v) is 20.4. The number of halogens is 1. The van der Waals surface area contributed by atoms with Crippen LogP contribution in [0.3, 0.4) is 0 Å². The summed E-state index contributed by atoms with van der Waals surface area (Å²) in [5, 5.41) is 10.6. The third kappa shape index (κ3) is 5.75. The first kappa shape index (κ1) is 23.3. The molecule has 4 aromatic rings. The quantitative estimate of drug-likeness (QED) is 0.327. The Bertz CT molecular complexity index is 1300. The summed E-state index contributed by atoms with van der Waals surface area (Å²) in [6.07, 6.45) is 0.994. The molecule has 0 aliphatic rings. The van der Waals surface area contributed by atoms with Crippen molar-refractivity contribution in [3.8, 4) is 5.75 Å². The Kier molecular flexibility index (Phi) is 7.35. The first-order chi connectivity index (χ1) is 15.9. The molecule has 0 radical (unpaired) electrons. The molecule has 0 saturated carbocycles. The van der Waals surface area contributed by atoms with Crippen LogP contribution < -0.4 is 10.3 Å². The molecule has 2 aromatic heterocycles. The molecule has 0 amide bonds. The second-order valence-corrected chi connectivity index (χ2v) is 9.53. The zero-order valence-electron chi connectivity index (χ0n) is 18.8. The van der Waals surface area contributed by atoms with Crippen molar-refractivity contribution in [3.63, 3.8) is 0 Å². The van der Waals surface area contributed by atoms with E-state index >= 15 is 0 Å². The van der Waals surface area contributed by atoms with E-state index in [0.29, 0.717) is 40.0 Å². The van der Waals surface area contributed by atoms with E-state index < -0.39 is 0 Å². The standard InChI is InChI=1S/C24H26ClN5O2S/c1-4-16-5-8-18(9-6-16)32-13-22-28-29-24(30(22)12-15(2)3)33-14-21-26-20-11-17(25)7-10-19(20)23(31)27-21/h5-11,15H,4,12-14H2,1-3H3,(H,26,27,31). The maximum absolute atomic E-state index is 12.4. The first-order valence-electron chi connectivity index (χ1n) is 10.9. The smallest absolute Gasteiger partial charge is 0.258 e. The number of ether oxygens (including phenoxy) is 1. The van der Waals surface area contributed by atoms with Crippen LogP contribution in [0.2, 0.25) is 5.02 Å². The van der Waals surface area contributed by atoms with Gasteiger partial charge < -0.3 is 14.3 Å². The van der Waals surface area contributed by atoms with Gasteiger partial charge in [-0.05, 0) is 48.2 Å². The van der Waals surface area contributed by atoms with Crippen molar-refractivity contribution in [2.24, 2.45) is 5.92 Å². The molecule has 0 fully saturated rings. The summed E-state index contributed by atoms with van der Waals surface area (Å²) in [6.45, 7) is 7.51. The normalized spacial score (nSPS) is 11.4. The Morgan fingerprint density at radius 2 is 1.94 bits per heavy atom. The zero-order chi connectivity index (χ0) is 23.4. The molecule has 172 valence electrons. The van der Waals surface area contributed by atoms with Crippen molar-refractivity contribution in [2.45, 2.75) is 51.3 Å². The summed E-state index contributed by atoms with van der Waals surface area (Å²) < 4.78 is 8.04. The maximum atomic E-state index is 12.4. The summed E-state index contributed by atoms with van der Waals surface area (Å²) in [5.41, 5.74) is 1.67. The van der Waals surface area contributed by atoms with Crippen molar-refractivity contribution >= 4 is 34.3 Å². The Hall–Kier alpha value is -2.84. The van der Waals surface area contributed by atoms with Gasteiger partial charge in [-0.3, -0.25) is 4.79 Å². The lowest BCUT2D eigenvalue weighted by Crippen LogP contribution is -2.13. The fourth-order valence-corrected chi connectivity index (χ4v) is 4.42. The number of aromatic nitrogens is 5. The molecule has 0 saturated heterocycles. The third-order valence-electron chi connectivity index (χ3n) is 5.10. The highest BCUT2D eigenvalue weighted by atomic mass is 35.5. The first-order valence-corrected chi connectivity index (χ1v) is 12.2. The molecule has 0 unspecified atom stereocenters. The highest BCUT2D eigenvalue weighted by Gasteiger charge is 2.16. The van der Waals surface area contributed by atoms with E-state index in [1.165, 1.54) is 17.3 Å². The van der Waals surface area contributed by atoms with Gasteiger partial charge in [0.15, 0.2) is 11.0 Å². The molecule has 9 heteroatoms. The molecule has 4 rings (SSSR count). The summed E-state index contributed by atoms with van der Waals surface area (Å²) in [4.78, 5) is 19.8. The molecular weight excluding hydrogens is 458 g/mol. The number of nitrogens with one attached hydrogen (secondary N) is 1. The number of hydrogen-bond acceptors (Lipinski definition) is 6. The van der Waals surface area contributed by atoms with Gasteiger partial charge in [-0.1, -0.05) is 56.3 Å². The van der Waals surface area contributed by atoms with Crippen LogP contribution >= 0.6 is 23.4 Å². The van der Waals surface area contributed by atoms with Crippen molar-refractivity contribution in [1.29, 1.82) is 0 Å². The lowest BCUT2D eigenvalue weighted by atomic mass is 10.2. The fourth-order valence-electron chi connectivity index (χ4n) is 3.41. The minimum absolute atomic E-state index is 0.181. The number of hydrogen-bond donors (Lipinski definition) is 1. The maximum Gasteiger partial charge on any atom is 0.258 e. The van der Waals surface area contributed by atoms with Crippen LogP contribution in [0.5, 0.6) is 5.75 Å². The summed E-state index contributed by atoms with van der Waals surface area (Å²) >= 11 is 7.55. The number of benzene rings is 2. The van der Waals surface area contributed by atoms with Crippen LogP contribution in [0.4, 0.5) is 0 Å². The largest absolute Gasteiger partial charge is 0.486 e. The van der Waals surface area contributed by atoms with Gasteiger partial charge in [-0.25, -0.2) is 4.98 Å². The van der Waals surface area contributed by atoms with Crippen LogP contribution in [0.15, 0.2) is 52.4 Å². The van der Waals surface area contributed by atoms with Gasteiger partial charge in [-0.15, -0.1) is 10.2 Å². The van der Waals surface area contributed by atoms with Crippen molar-refractivity contribution in [2.75, 3.05) is 0 Å². The van der Waals surface area contributed by atoms with E-state index in [0.717, 1.165) is 29.7 Å². The molecule has 0 atom stereocenters. The van der Waals surface area contributed by atoms with E-state index in [1.807, 2.05) is 12.1 Å². The Morgan fingerprint density at radius 3 is 2.67 bits per heavy atom. The molecule has 0 bridgehead atoms. The molecule has 33 heavy (non-hydrogen) atoms. The van der Waals surface area contributed by atoms with Crippen molar-refractivity contribution in [1.82, 2.24) is 24.7 Å². The Labute approximate surface area is 201 Å². The van der Waals surface area contributed by atoms with Gasteiger partial charge in [0.1, 0.15) is 18.2 Å². The van der Waals surface area contributed by atoms with E-state index in [-0.39, 0.29) is 5.56 Å².